The lowest BCUT2D eigenvalue weighted by Gasteiger charge is -2.02. The van der Waals surface area contributed by atoms with Gasteiger partial charge in [-0.1, -0.05) is 60.7 Å². The molecule has 0 bridgehead atoms. The van der Waals surface area contributed by atoms with Gasteiger partial charge >= 0.3 is 0 Å². The van der Waals surface area contributed by atoms with Crippen LogP contribution in [0.5, 0.6) is 0 Å². The van der Waals surface area contributed by atoms with Gasteiger partial charge in [-0.2, -0.15) is 5.10 Å². The summed E-state index contributed by atoms with van der Waals surface area (Å²) in [6.07, 6.45) is 3.63. The topological polar surface area (TPSA) is 56.2 Å². The molecule has 0 aliphatic heterocycles. The third-order valence-corrected chi connectivity index (χ3v) is 4.66. The molecular weight excluding hydrogens is 328 g/mol. The second-order valence-corrected chi connectivity index (χ2v) is 6.51. The molecule has 0 unspecified atom stereocenters. The van der Waals surface area contributed by atoms with Crippen molar-refractivity contribution >= 4 is 23.5 Å². The van der Waals surface area contributed by atoms with Crippen molar-refractivity contribution in [3.8, 4) is 22.4 Å². The zero-order valence-corrected chi connectivity index (χ0v) is 14.2. The van der Waals surface area contributed by atoms with Gasteiger partial charge in [-0.3, -0.25) is 0 Å². The standard InChI is InChI=1S/C20H16N4S/c21-20-23-19(14-24(20)22-13-18-7-4-12-25-18)17-10-8-16(9-11-17)15-5-2-1-3-6-15/h1-14H,(H2,21,23). The van der Waals surface area contributed by atoms with E-state index in [4.69, 9.17) is 5.73 Å². The lowest BCUT2D eigenvalue weighted by Crippen LogP contribution is -1.96. The maximum Gasteiger partial charge on any atom is 0.221 e. The summed E-state index contributed by atoms with van der Waals surface area (Å²) in [5, 5.41) is 6.39. The normalized spacial score (nSPS) is 11.2. The Bertz CT molecular complexity index is 984. The first-order valence-corrected chi connectivity index (χ1v) is 8.76. The Balaban J connectivity index is 1.59. The average molecular weight is 344 g/mol. The zero-order valence-electron chi connectivity index (χ0n) is 13.4. The Morgan fingerprint density at radius 2 is 1.60 bits per heavy atom. The Kier molecular flexibility index (Phi) is 4.14. The predicted molar refractivity (Wildman–Crippen MR) is 105 cm³/mol. The number of nitrogens with two attached hydrogens (primary N) is 1. The van der Waals surface area contributed by atoms with Crippen molar-refractivity contribution in [1.82, 2.24) is 9.66 Å². The van der Waals surface area contributed by atoms with E-state index in [0.29, 0.717) is 5.95 Å². The fraction of sp³-hybridized carbons (Fsp3) is 0. The van der Waals surface area contributed by atoms with Crippen LogP contribution in [-0.4, -0.2) is 15.9 Å². The first kappa shape index (κ1) is 15.4. The van der Waals surface area contributed by atoms with Crippen molar-refractivity contribution in [1.29, 1.82) is 0 Å². The minimum absolute atomic E-state index is 0.370. The highest BCUT2D eigenvalue weighted by molar-refractivity contribution is 7.11. The number of thiophene rings is 1. The van der Waals surface area contributed by atoms with Crippen LogP contribution in [0.15, 0.2) is 83.4 Å². The summed E-state index contributed by atoms with van der Waals surface area (Å²) in [5.74, 6) is 0.370. The molecule has 5 heteroatoms. The lowest BCUT2D eigenvalue weighted by molar-refractivity contribution is 0.898. The number of nitrogen functional groups attached to an aromatic ring is 1. The third kappa shape index (κ3) is 3.36. The maximum absolute atomic E-state index is 5.98. The molecule has 4 rings (SSSR count). The molecule has 0 spiro atoms. The van der Waals surface area contributed by atoms with E-state index in [1.165, 1.54) is 11.1 Å². The van der Waals surface area contributed by atoms with Gasteiger partial charge in [0.05, 0.1) is 18.1 Å². The quantitative estimate of drug-likeness (QED) is 0.544. The molecule has 2 N–H and O–H groups in total. The van der Waals surface area contributed by atoms with Crippen LogP contribution in [0.3, 0.4) is 0 Å². The van der Waals surface area contributed by atoms with Gasteiger partial charge in [-0.25, -0.2) is 9.66 Å². The van der Waals surface area contributed by atoms with E-state index in [9.17, 15) is 0 Å². The van der Waals surface area contributed by atoms with Gasteiger partial charge in [0.25, 0.3) is 0 Å². The molecule has 2 heterocycles. The maximum atomic E-state index is 5.98. The summed E-state index contributed by atoms with van der Waals surface area (Å²) in [4.78, 5) is 5.48. The number of anilines is 1. The summed E-state index contributed by atoms with van der Waals surface area (Å²) in [6, 6.07) is 22.6. The Labute approximate surface area is 149 Å². The minimum atomic E-state index is 0.370. The molecule has 0 saturated carbocycles. The van der Waals surface area contributed by atoms with E-state index in [2.05, 4.69) is 46.5 Å². The Morgan fingerprint density at radius 1 is 0.880 bits per heavy atom. The van der Waals surface area contributed by atoms with Crippen molar-refractivity contribution in [3.05, 3.63) is 83.2 Å². The van der Waals surface area contributed by atoms with Gasteiger partial charge in [-0.15, -0.1) is 11.3 Å². The highest BCUT2D eigenvalue weighted by Gasteiger charge is 2.07. The molecule has 0 radical (unpaired) electrons. The van der Waals surface area contributed by atoms with Gasteiger partial charge in [0.15, 0.2) is 0 Å². The van der Waals surface area contributed by atoms with Gasteiger partial charge < -0.3 is 5.73 Å². The molecule has 0 aliphatic rings. The third-order valence-electron chi connectivity index (χ3n) is 3.85. The fourth-order valence-electron chi connectivity index (χ4n) is 2.56. The van der Waals surface area contributed by atoms with Crippen molar-refractivity contribution < 1.29 is 0 Å². The Hall–Kier alpha value is -3.18. The molecule has 0 saturated heterocycles. The van der Waals surface area contributed by atoms with Crippen LogP contribution in [0.2, 0.25) is 0 Å². The number of hydrogen-bond acceptors (Lipinski definition) is 4. The van der Waals surface area contributed by atoms with E-state index in [1.807, 2.05) is 41.9 Å². The van der Waals surface area contributed by atoms with E-state index in [-0.39, 0.29) is 0 Å². The van der Waals surface area contributed by atoms with Crippen LogP contribution in [0.1, 0.15) is 4.88 Å². The van der Waals surface area contributed by atoms with Gasteiger partial charge in [0.1, 0.15) is 0 Å². The highest BCUT2D eigenvalue weighted by Crippen LogP contribution is 2.25. The second-order valence-electron chi connectivity index (χ2n) is 5.53. The van der Waals surface area contributed by atoms with E-state index < -0.39 is 0 Å². The number of imidazole rings is 1. The zero-order chi connectivity index (χ0) is 17.1. The van der Waals surface area contributed by atoms with Crippen LogP contribution in [0, 0.1) is 0 Å². The van der Waals surface area contributed by atoms with Gasteiger partial charge in [-0.05, 0) is 22.6 Å². The molecule has 0 fully saturated rings. The molecule has 2 aromatic heterocycles. The largest absolute Gasteiger partial charge is 0.368 e. The first-order chi connectivity index (χ1) is 12.3. The fourth-order valence-corrected chi connectivity index (χ4v) is 3.14. The summed E-state index contributed by atoms with van der Waals surface area (Å²) in [7, 11) is 0. The lowest BCUT2D eigenvalue weighted by atomic mass is 10.0. The molecule has 4 aromatic rings. The monoisotopic (exact) mass is 344 g/mol. The van der Waals surface area contributed by atoms with Crippen LogP contribution >= 0.6 is 11.3 Å². The smallest absolute Gasteiger partial charge is 0.221 e. The summed E-state index contributed by atoms with van der Waals surface area (Å²) in [6.45, 7) is 0. The molecule has 0 amide bonds. The highest BCUT2D eigenvalue weighted by atomic mass is 32.1. The predicted octanol–water partition coefficient (Wildman–Crippen LogP) is 4.74. The minimum Gasteiger partial charge on any atom is -0.368 e. The molecular formula is C20H16N4S. The van der Waals surface area contributed by atoms with Crippen molar-refractivity contribution in [3.63, 3.8) is 0 Å². The van der Waals surface area contributed by atoms with Crippen LogP contribution in [0.4, 0.5) is 5.95 Å². The molecule has 25 heavy (non-hydrogen) atoms. The summed E-state index contributed by atoms with van der Waals surface area (Å²) >= 11 is 1.63. The molecule has 0 aliphatic carbocycles. The number of aromatic nitrogens is 2. The Morgan fingerprint density at radius 3 is 2.32 bits per heavy atom. The number of rotatable bonds is 4. The molecule has 4 nitrogen and oxygen atoms in total. The summed E-state index contributed by atoms with van der Waals surface area (Å²) < 4.78 is 1.60. The summed E-state index contributed by atoms with van der Waals surface area (Å²) in [5.41, 5.74) is 10.2. The van der Waals surface area contributed by atoms with E-state index in [0.717, 1.165) is 16.1 Å². The molecule has 122 valence electrons. The van der Waals surface area contributed by atoms with Crippen molar-refractivity contribution in [2.75, 3.05) is 5.73 Å². The van der Waals surface area contributed by atoms with Crippen LogP contribution in [0.25, 0.3) is 22.4 Å². The number of hydrogen-bond donors (Lipinski definition) is 1. The van der Waals surface area contributed by atoms with Crippen LogP contribution < -0.4 is 5.73 Å². The van der Waals surface area contributed by atoms with E-state index in [1.54, 1.807) is 22.2 Å². The number of nitrogens with zero attached hydrogens (tertiary/aromatic N) is 3. The van der Waals surface area contributed by atoms with Crippen molar-refractivity contribution in [2.45, 2.75) is 0 Å². The second kappa shape index (κ2) is 6.75. The number of benzene rings is 2. The first-order valence-electron chi connectivity index (χ1n) is 7.88. The van der Waals surface area contributed by atoms with Crippen LogP contribution in [-0.2, 0) is 0 Å². The van der Waals surface area contributed by atoms with Crippen molar-refractivity contribution in [2.24, 2.45) is 5.10 Å². The van der Waals surface area contributed by atoms with Gasteiger partial charge in [0, 0.05) is 10.4 Å². The van der Waals surface area contributed by atoms with Gasteiger partial charge in [0.2, 0.25) is 5.95 Å². The SMILES string of the molecule is Nc1nc(-c2ccc(-c3ccccc3)cc2)cn1N=Cc1cccs1. The molecule has 2 aromatic carbocycles. The van der Waals surface area contributed by atoms with E-state index >= 15 is 0 Å². The average Bonchev–Trinajstić information content (AvgIpc) is 3.30. The molecule has 0 atom stereocenters.